The second-order valence-electron chi connectivity index (χ2n) is 7.84. The number of hydrogen-bond acceptors (Lipinski definition) is 5. The molecule has 0 unspecified atom stereocenters. The quantitative estimate of drug-likeness (QED) is 0.625. The van der Waals surface area contributed by atoms with Crippen molar-refractivity contribution >= 4 is 11.8 Å². The van der Waals surface area contributed by atoms with Crippen molar-refractivity contribution in [2.75, 3.05) is 26.8 Å². The first kappa shape index (κ1) is 24.4. The molecule has 0 aliphatic carbocycles. The molecule has 1 fully saturated rings. The number of amides is 2. The van der Waals surface area contributed by atoms with Gasteiger partial charge in [-0.15, -0.1) is 0 Å². The highest BCUT2D eigenvalue weighted by atomic mass is 19.4. The Hall–Kier alpha value is -3.27. The predicted molar refractivity (Wildman–Crippen MR) is 115 cm³/mol. The summed E-state index contributed by atoms with van der Waals surface area (Å²) in [6, 6.07) is 9.93. The number of alkyl halides is 3. The molecule has 0 spiro atoms. The van der Waals surface area contributed by atoms with E-state index in [4.69, 9.17) is 15.2 Å². The summed E-state index contributed by atoms with van der Waals surface area (Å²) >= 11 is 0. The summed E-state index contributed by atoms with van der Waals surface area (Å²) in [5.74, 6) is -0.292. The largest absolute Gasteiger partial charge is 0.493 e. The number of ether oxygens (including phenoxy) is 2. The SMILES string of the molecule is COc1cc(C(=O)NC2CCN(Cc3cccc(C(F)(F)F)c3)CC2)ccc1OCC(N)=O. The monoisotopic (exact) mass is 465 g/mol. The Morgan fingerprint density at radius 2 is 1.85 bits per heavy atom. The fourth-order valence-corrected chi connectivity index (χ4v) is 3.69. The van der Waals surface area contributed by atoms with Crippen molar-refractivity contribution in [3.8, 4) is 11.5 Å². The Morgan fingerprint density at radius 1 is 1.12 bits per heavy atom. The highest BCUT2D eigenvalue weighted by Gasteiger charge is 2.30. The number of halogens is 3. The van der Waals surface area contributed by atoms with Crippen molar-refractivity contribution in [3.63, 3.8) is 0 Å². The molecule has 1 saturated heterocycles. The molecule has 2 aromatic carbocycles. The van der Waals surface area contributed by atoms with E-state index in [1.54, 1.807) is 12.1 Å². The van der Waals surface area contributed by atoms with Gasteiger partial charge in [-0.2, -0.15) is 13.2 Å². The first-order chi connectivity index (χ1) is 15.7. The third-order valence-electron chi connectivity index (χ3n) is 5.38. The lowest BCUT2D eigenvalue weighted by molar-refractivity contribution is -0.137. The Morgan fingerprint density at radius 3 is 2.48 bits per heavy atom. The summed E-state index contributed by atoms with van der Waals surface area (Å²) in [6.07, 6.45) is -2.99. The van der Waals surface area contributed by atoms with Gasteiger partial charge < -0.3 is 20.5 Å². The van der Waals surface area contributed by atoms with Crippen LogP contribution < -0.4 is 20.5 Å². The van der Waals surface area contributed by atoms with Crippen LogP contribution in [0.3, 0.4) is 0 Å². The molecule has 1 aliphatic rings. The average Bonchev–Trinajstić information content (AvgIpc) is 2.78. The fraction of sp³-hybridized carbons (Fsp3) is 0.391. The topological polar surface area (TPSA) is 93.9 Å². The molecular formula is C23H26F3N3O4. The molecule has 0 atom stereocenters. The van der Waals surface area contributed by atoms with Gasteiger partial charge in [0.15, 0.2) is 18.1 Å². The van der Waals surface area contributed by atoms with Gasteiger partial charge in [-0.3, -0.25) is 14.5 Å². The number of nitrogens with zero attached hydrogens (tertiary/aromatic N) is 1. The van der Waals surface area contributed by atoms with Crippen molar-refractivity contribution in [3.05, 3.63) is 59.2 Å². The van der Waals surface area contributed by atoms with Crippen LogP contribution in [-0.4, -0.2) is 49.6 Å². The van der Waals surface area contributed by atoms with Crippen LogP contribution in [0.5, 0.6) is 11.5 Å². The minimum absolute atomic E-state index is 0.0490. The zero-order valence-electron chi connectivity index (χ0n) is 18.2. The Balaban J connectivity index is 1.52. The summed E-state index contributed by atoms with van der Waals surface area (Å²) in [7, 11) is 1.42. The van der Waals surface area contributed by atoms with Gasteiger partial charge >= 0.3 is 6.18 Å². The van der Waals surface area contributed by atoms with Gasteiger partial charge in [-0.05, 0) is 42.7 Å². The maximum Gasteiger partial charge on any atom is 0.416 e. The van der Waals surface area contributed by atoms with Crippen LogP contribution in [0.25, 0.3) is 0 Å². The zero-order valence-corrected chi connectivity index (χ0v) is 18.2. The summed E-state index contributed by atoms with van der Waals surface area (Å²) in [4.78, 5) is 25.6. The minimum atomic E-state index is -4.36. The van der Waals surface area contributed by atoms with Gasteiger partial charge in [-0.1, -0.05) is 18.2 Å². The Labute approximate surface area is 189 Å². The number of benzene rings is 2. The number of nitrogens with one attached hydrogen (secondary N) is 1. The maximum absolute atomic E-state index is 12.9. The van der Waals surface area contributed by atoms with Gasteiger partial charge in [0.05, 0.1) is 12.7 Å². The highest BCUT2D eigenvalue weighted by molar-refractivity contribution is 5.95. The van der Waals surface area contributed by atoms with Crippen LogP contribution in [-0.2, 0) is 17.5 Å². The van der Waals surface area contributed by atoms with Crippen LogP contribution >= 0.6 is 0 Å². The number of nitrogens with two attached hydrogens (primary N) is 1. The van der Waals surface area contributed by atoms with Crippen LogP contribution in [0, 0.1) is 0 Å². The molecule has 10 heteroatoms. The second-order valence-corrected chi connectivity index (χ2v) is 7.84. The van der Waals surface area contributed by atoms with Crippen molar-refractivity contribution in [1.29, 1.82) is 0 Å². The molecular weight excluding hydrogens is 439 g/mol. The predicted octanol–water partition coefficient (Wildman–Crippen LogP) is 2.97. The number of hydrogen-bond donors (Lipinski definition) is 2. The summed E-state index contributed by atoms with van der Waals surface area (Å²) < 4.78 is 49.2. The molecule has 3 N–H and O–H groups in total. The standard InChI is InChI=1S/C23H26F3N3O4/c1-32-20-12-16(5-6-19(20)33-14-21(27)30)22(31)28-18-7-9-29(10-8-18)13-15-3-2-4-17(11-15)23(24,25)26/h2-6,11-12,18H,7-10,13-14H2,1H3,(H2,27,30)(H,28,31). The zero-order chi connectivity index (χ0) is 24.0. The number of carbonyl (C=O) groups excluding carboxylic acids is 2. The normalized spacial score (nSPS) is 15.2. The van der Waals surface area contributed by atoms with Gasteiger partial charge in [-0.25, -0.2) is 0 Å². The molecule has 178 valence electrons. The molecule has 2 amide bonds. The minimum Gasteiger partial charge on any atom is -0.493 e. The Kier molecular flexibility index (Phi) is 7.80. The number of rotatable bonds is 8. The molecule has 1 aliphatic heterocycles. The first-order valence-corrected chi connectivity index (χ1v) is 10.4. The van der Waals surface area contributed by atoms with Crippen LogP contribution in [0.4, 0.5) is 13.2 Å². The fourth-order valence-electron chi connectivity index (χ4n) is 3.69. The summed E-state index contributed by atoms with van der Waals surface area (Å²) in [6.45, 7) is 1.43. The van der Waals surface area contributed by atoms with E-state index in [2.05, 4.69) is 10.2 Å². The van der Waals surface area contributed by atoms with E-state index in [9.17, 15) is 22.8 Å². The molecule has 33 heavy (non-hydrogen) atoms. The van der Waals surface area contributed by atoms with Gasteiger partial charge in [0.25, 0.3) is 11.8 Å². The van der Waals surface area contributed by atoms with E-state index >= 15 is 0 Å². The first-order valence-electron chi connectivity index (χ1n) is 10.4. The second kappa shape index (κ2) is 10.6. The van der Waals surface area contributed by atoms with Crippen LogP contribution in [0.1, 0.15) is 34.3 Å². The van der Waals surface area contributed by atoms with E-state index in [0.29, 0.717) is 55.1 Å². The third-order valence-corrected chi connectivity index (χ3v) is 5.38. The molecule has 3 rings (SSSR count). The Bertz CT molecular complexity index is 989. The summed E-state index contributed by atoms with van der Waals surface area (Å²) in [5.41, 5.74) is 5.41. The number of likely N-dealkylation sites (tertiary alicyclic amines) is 1. The molecule has 1 heterocycles. The number of primary amides is 1. The average molecular weight is 465 g/mol. The van der Waals surface area contributed by atoms with Gasteiger partial charge in [0, 0.05) is 31.2 Å². The van der Waals surface area contributed by atoms with E-state index in [1.807, 2.05) is 0 Å². The van der Waals surface area contributed by atoms with E-state index in [1.165, 1.54) is 31.4 Å². The third kappa shape index (κ3) is 6.85. The van der Waals surface area contributed by atoms with Crippen LogP contribution in [0.15, 0.2) is 42.5 Å². The van der Waals surface area contributed by atoms with Crippen LogP contribution in [0.2, 0.25) is 0 Å². The molecule has 0 saturated carbocycles. The van der Waals surface area contributed by atoms with E-state index in [-0.39, 0.29) is 18.6 Å². The lowest BCUT2D eigenvalue weighted by atomic mass is 10.0. The lowest BCUT2D eigenvalue weighted by Crippen LogP contribution is -2.44. The molecule has 7 nitrogen and oxygen atoms in total. The molecule has 2 aromatic rings. The lowest BCUT2D eigenvalue weighted by Gasteiger charge is -2.32. The summed E-state index contributed by atoms with van der Waals surface area (Å²) in [5, 5.41) is 2.98. The smallest absolute Gasteiger partial charge is 0.416 e. The van der Waals surface area contributed by atoms with Crippen molar-refractivity contribution in [2.45, 2.75) is 31.6 Å². The van der Waals surface area contributed by atoms with Gasteiger partial charge in [0.2, 0.25) is 0 Å². The molecule has 0 radical (unpaired) electrons. The van der Waals surface area contributed by atoms with Gasteiger partial charge in [0.1, 0.15) is 0 Å². The molecule has 0 aromatic heterocycles. The maximum atomic E-state index is 12.9. The number of methoxy groups -OCH3 is 1. The van der Waals surface area contributed by atoms with Crippen molar-refractivity contribution < 1.29 is 32.2 Å². The number of piperidine rings is 1. The van der Waals surface area contributed by atoms with Crippen molar-refractivity contribution in [1.82, 2.24) is 10.2 Å². The highest BCUT2D eigenvalue weighted by Crippen LogP contribution is 2.30. The van der Waals surface area contributed by atoms with E-state index < -0.39 is 17.6 Å². The van der Waals surface area contributed by atoms with E-state index in [0.717, 1.165) is 6.07 Å². The number of carbonyl (C=O) groups is 2. The van der Waals surface area contributed by atoms with Crippen molar-refractivity contribution in [2.24, 2.45) is 5.73 Å². The molecule has 0 bridgehead atoms.